The topological polar surface area (TPSA) is 93.1 Å². The highest BCUT2D eigenvalue weighted by Crippen LogP contribution is 2.55. The number of aliphatic hydroxyl groups is 2. The Labute approximate surface area is 220 Å². The van der Waals surface area contributed by atoms with E-state index in [4.69, 9.17) is 9.47 Å². The Balaban J connectivity index is 2.07. The molecule has 0 amide bonds. The number of Topliss-reactive ketones (excluding diaryl/α,β-unsaturated/α-hetero) is 2. The van der Waals surface area contributed by atoms with Crippen LogP contribution in [0, 0.1) is 5.41 Å². The third-order valence-electron chi connectivity index (χ3n) is 7.13. The number of allylic oxidation sites excluding steroid dienone is 7. The maximum atomic E-state index is 14.1. The number of fused-ring (bicyclic) bond motifs is 1. The molecule has 0 bridgehead atoms. The van der Waals surface area contributed by atoms with Crippen LogP contribution in [-0.4, -0.2) is 40.6 Å². The summed E-state index contributed by atoms with van der Waals surface area (Å²) >= 11 is 0. The van der Waals surface area contributed by atoms with Gasteiger partial charge in [0, 0.05) is 18.4 Å². The van der Waals surface area contributed by atoms with Crippen molar-refractivity contribution in [3.63, 3.8) is 0 Å². The number of methoxy groups -OCH3 is 1. The zero-order chi connectivity index (χ0) is 27.5. The Bertz CT molecular complexity index is 1170. The number of carbonyl (C=O) groups excluding carboxylic acids is 2. The minimum atomic E-state index is -1.21. The molecule has 1 aliphatic carbocycles. The van der Waals surface area contributed by atoms with Crippen LogP contribution < -0.4 is 4.74 Å². The summed E-state index contributed by atoms with van der Waals surface area (Å²) in [6.07, 6.45) is 4.65. The Kier molecular flexibility index (Phi) is 8.53. The van der Waals surface area contributed by atoms with Gasteiger partial charge in [0.05, 0.1) is 18.1 Å². The lowest BCUT2D eigenvalue weighted by Gasteiger charge is -2.33. The number of ether oxygens (including phenoxy) is 2. The fourth-order valence-corrected chi connectivity index (χ4v) is 4.84. The predicted molar refractivity (Wildman–Crippen MR) is 144 cm³/mol. The minimum absolute atomic E-state index is 0.0806. The lowest BCUT2D eigenvalue weighted by atomic mass is 9.66. The van der Waals surface area contributed by atoms with E-state index in [9.17, 15) is 19.8 Å². The summed E-state index contributed by atoms with van der Waals surface area (Å²) in [4.78, 5) is 27.7. The molecule has 2 atom stereocenters. The van der Waals surface area contributed by atoms with E-state index >= 15 is 0 Å². The second-order valence-corrected chi connectivity index (χ2v) is 11.1. The van der Waals surface area contributed by atoms with Gasteiger partial charge in [0.2, 0.25) is 0 Å². The molecule has 1 aromatic rings. The van der Waals surface area contributed by atoms with Crippen molar-refractivity contribution in [1.82, 2.24) is 0 Å². The van der Waals surface area contributed by atoms with Crippen LogP contribution in [0.2, 0.25) is 0 Å². The molecule has 1 heterocycles. The van der Waals surface area contributed by atoms with E-state index in [-0.39, 0.29) is 24.2 Å². The van der Waals surface area contributed by atoms with E-state index in [0.29, 0.717) is 30.6 Å². The minimum Gasteiger partial charge on any atom is -0.507 e. The van der Waals surface area contributed by atoms with Crippen molar-refractivity contribution in [2.24, 2.45) is 5.41 Å². The Hall–Kier alpha value is -3.12. The molecule has 0 radical (unpaired) electrons. The average Bonchev–Trinajstić information content (AvgIpc) is 3.23. The van der Waals surface area contributed by atoms with Crippen LogP contribution in [0.5, 0.6) is 5.75 Å². The molecule has 0 spiro atoms. The summed E-state index contributed by atoms with van der Waals surface area (Å²) in [5, 5.41) is 22.1. The number of rotatable bonds is 10. The molecule has 200 valence electrons. The molecule has 37 heavy (non-hydrogen) atoms. The molecule has 0 saturated carbocycles. The number of aliphatic hydroxyl groups excluding tert-OH is 1. The molecule has 6 heteroatoms. The quantitative estimate of drug-likeness (QED) is 0.293. The van der Waals surface area contributed by atoms with Gasteiger partial charge in [0.15, 0.2) is 11.6 Å². The fraction of sp³-hybridized carbons (Fsp3) is 0.484. The molecule has 6 nitrogen and oxygen atoms in total. The summed E-state index contributed by atoms with van der Waals surface area (Å²) in [6.45, 7) is 11.1. The van der Waals surface area contributed by atoms with Crippen LogP contribution in [0.4, 0.5) is 0 Å². The Morgan fingerprint density at radius 3 is 2.30 bits per heavy atom. The second kappa shape index (κ2) is 11.1. The predicted octanol–water partition coefficient (Wildman–Crippen LogP) is 6.10. The van der Waals surface area contributed by atoms with Gasteiger partial charge in [-0.25, -0.2) is 0 Å². The summed E-state index contributed by atoms with van der Waals surface area (Å²) in [6, 6.07) is 7.43. The van der Waals surface area contributed by atoms with Crippen LogP contribution in [0.3, 0.4) is 0 Å². The summed E-state index contributed by atoms with van der Waals surface area (Å²) < 4.78 is 11.5. The average molecular weight is 509 g/mol. The first kappa shape index (κ1) is 28.5. The van der Waals surface area contributed by atoms with Crippen molar-refractivity contribution in [2.75, 3.05) is 7.11 Å². The number of carbonyl (C=O) groups is 2. The van der Waals surface area contributed by atoms with Crippen molar-refractivity contribution in [2.45, 2.75) is 85.4 Å². The van der Waals surface area contributed by atoms with Crippen molar-refractivity contribution < 1.29 is 29.3 Å². The molecule has 3 rings (SSSR count). The van der Waals surface area contributed by atoms with E-state index in [1.165, 1.54) is 0 Å². The number of aryl methyl sites for hydroxylation is 1. The maximum Gasteiger partial charge on any atom is 0.184 e. The third kappa shape index (κ3) is 6.07. The van der Waals surface area contributed by atoms with Crippen LogP contribution in [-0.2, 0) is 20.7 Å². The van der Waals surface area contributed by atoms with Crippen molar-refractivity contribution in [3.05, 3.63) is 75.8 Å². The van der Waals surface area contributed by atoms with Gasteiger partial charge in [-0.15, -0.1) is 0 Å². The fourth-order valence-electron chi connectivity index (χ4n) is 4.84. The van der Waals surface area contributed by atoms with Gasteiger partial charge in [0.1, 0.15) is 28.9 Å². The number of ketones is 2. The highest BCUT2D eigenvalue weighted by atomic mass is 16.5. The van der Waals surface area contributed by atoms with E-state index < -0.39 is 28.7 Å². The highest BCUT2D eigenvalue weighted by Gasteiger charge is 2.58. The van der Waals surface area contributed by atoms with Gasteiger partial charge in [-0.1, -0.05) is 35.4 Å². The number of benzene rings is 1. The Morgan fingerprint density at radius 2 is 1.76 bits per heavy atom. The maximum absolute atomic E-state index is 14.1. The van der Waals surface area contributed by atoms with Gasteiger partial charge >= 0.3 is 0 Å². The van der Waals surface area contributed by atoms with Gasteiger partial charge in [-0.3, -0.25) is 9.59 Å². The normalized spacial score (nSPS) is 21.4. The summed E-state index contributed by atoms with van der Waals surface area (Å²) in [7, 11) is 1.59. The highest BCUT2D eigenvalue weighted by molar-refractivity contribution is 6.24. The largest absolute Gasteiger partial charge is 0.507 e. The zero-order valence-corrected chi connectivity index (χ0v) is 23.1. The van der Waals surface area contributed by atoms with Crippen molar-refractivity contribution in [3.8, 4) is 5.75 Å². The van der Waals surface area contributed by atoms with Gasteiger partial charge in [-0.05, 0) is 78.5 Å². The first-order valence-corrected chi connectivity index (χ1v) is 12.8. The monoisotopic (exact) mass is 508 g/mol. The number of hydrogen-bond donors (Lipinski definition) is 2. The van der Waals surface area contributed by atoms with E-state index in [2.05, 4.69) is 0 Å². The smallest absolute Gasteiger partial charge is 0.184 e. The van der Waals surface area contributed by atoms with Crippen LogP contribution in [0.25, 0.3) is 0 Å². The molecule has 1 fully saturated rings. The standard InChI is InChI=1S/C31H40O6/c1-19(2)8-14-23-27(33)26(24(32)15-11-21-9-12-22(36-7)13-10-21)28(34)31(17-16-20(3)4)18-25(30(5,6)35)37-29(23)31/h8-10,12-13,16,25,33,35H,11,14-15,17-18H2,1-7H3/t25-,31+/m0/s1. The van der Waals surface area contributed by atoms with Crippen LogP contribution >= 0.6 is 0 Å². The van der Waals surface area contributed by atoms with E-state index in [1.54, 1.807) is 21.0 Å². The van der Waals surface area contributed by atoms with E-state index in [1.807, 2.05) is 64.1 Å². The summed E-state index contributed by atoms with van der Waals surface area (Å²) in [5.74, 6) is -0.0196. The first-order chi connectivity index (χ1) is 17.3. The molecule has 2 aliphatic rings. The lowest BCUT2D eigenvalue weighted by Crippen LogP contribution is -2.40. The third-order valence-corrected chi connectivity index (χ3v) is 7.13. The summed E-state index contributed by atoms with van der Waals surface area (Å²) in [5.41, 5.74) is 0.938. The Morgan fingerprint density at radius 1 is 1.14 bits per heavy atom. The molecular formula is C31H40O6. The molecule has 0 unspecified atom stereocenters. The molecule has 1 saturated heterocycles. The SMILES string of the molecule is COc1ccc(CCC(=O)C2=C(O)C(CC=C(C)C)=C3O[C@H](C(C)(C)O)C[C@]3(CC=C(C)C)C2=O)cc1. The van der Waals surface area contributed by atoms with E-state index in [0.717, 1.165) is 22.5 Å². The number of hydrogen-bond acceptors (Lipinski definition) is 6. The second-order valence-electron chi connectivity index (χ2n) is 11.1. The van der Waals surface area contributed by atoms with Gasteiger partial charge in [-0.2, -0.15) is 0 Å². The van der Waals surface area contributed by atoms with Gasteiger partial charge in [0.25, 0.3) is 0 Å². The molecule has 2 N–H and O–H groups in total. The lowest BCUT2D eigenvalue weighted by molar-refractivity contribution is -0.127. The molecule has 0 aromatic heterocycles. The van der Waals surface area contributed by atoms with Crippen molar-refractivity contribution in [1.29, 1.82) is 0 Å². The van der Waals surface area contributed by atoms with Crippen LogP contribution in [0.1, 0.15) is 72.8 Å². The molecular weight excluding hydrogens is 468 g/mol. The first-order valence-electron chi connectivity index (χ1n) is 12.8. The molecule has 1 aliphatic heterocycles. The molecule has 1 aromatic carbocycles. The zero-order valence-electron chi connectivity index (χ0n) is 23.1. The van der Waals surface area contributed by atoms with Crippen LogP contribution in [0.15, 0.2) is 70.2 Å². The van der Waals surface area contributed by atoms with Crippen molar-refractivity contribution >= 4 is 11.6 Å². The van der Waals surface area contributed by atoms with Gasteiger partial charge < -0.3 is 19.7 Å².